The molecule has 0 amide bonds. The summed E-state index contributed by atoms with van der Waals surface area (Å²) < 4.78 is 75.4. The highest BCUT2D eigenvalue weighted by Gasteiger charge is 2.72. The fourth-order valence-electron chi connectivity index (χ4n) is 1.45. The summed E-state index contributed by atoms with van der Waals surface area (Å²) in [7, 11) is 0. The Balaban J connectivity index is 0.00000324. The Morgan fingerprint density at radius 3 is 1.79 bits per heavy atom. The minimum atomic E-state index is -5.92. The van der Waals surface area contributed by atoms with Crippen LogP contribution in [-0.4, -0.2) is 17.5 Å². The zero-order valence-electron chi connectivity index (χ0n) is 9.43. The highest BCUT2D eigenvalue weighted by atomic mass is 35.5. The van der Waals surface area contributed by atoms with Gasteiger partial charge in [0.25, 0.3) is 5.60 Å². The number of halogens is 7. The van der Waals surface area contributed by atoms with Crippen LogP contribution >= 0.6 is 12.4 Å². The second-order valence-corrected chi connectivity index (χ2v) is 3.80. The molecule has 3 N–H and O–H groups in total. The lowest BCUT2D eigenvalue weighted by molar-refractivity contribution is -0.376. The topological polar surface area (TPSA) is 46.2 Å². The Morgan fingerprint density at radius 1 is 1.00 bits per heavy atom. The molecule has 1 rings (SSSR count). The zero-order valence-corrected chi connectivity index (χ0v) is 10.2. The minimum Gasteiger partial charge on any atom is -0.398 e. The van der Waals surface area contributed by atoms with Crippen molar-refractivity contribution in [3.63, 3.8) is 0 Å². The SMILES string of the molecule is Cc1ccc(N)c(C(O)(C(F)(F)F)C(F)(F)F)c1.Cl. The molecule has 0 aliphatic rings. The predicted octanol–water partition coefficient (Wildman–Crippen LogP) is 3.31. The molecule has 0 aliphatic carbocycles. The van der Waals surface area contributed by atoms with Crippen molar-refractivity contribution < 1.29 is 31.4 Å². The van der Waals surface area contributed by atoms with Gasteiger partial charge in [0.1, 0.15) is 0 Å². The zero-order chi connectivity index (χ0) is 14.4. The van der Waals surface area contributed by atoms with Gasteiger partial charge in [-0.3, -0.25) is 0 Å². The van der Waals surface area contributed by atoms with Gasteiger partial charge in [-0.2, -0.15) is 26.3 Å². The summed E-state index contributed by atoms with van der Waals surface area (Å²) in [4.78, 5) is 0. The smallest absolute Gasteiger partial charge is 0.398 e. The van der Waals surface area contributed by atoms with Crippen LogP contribution in [0.3, 0.4) is 0 Å². The van der Waals surface area contributed by atoms with E-state index in [0.717, 1.165) is 6.07 Å². The molecule has 0 aliphatic heterocycles. The Labute approximate surface area is 110 Å². The van der Waals surface area contributed by atoms with Crippen LogP contribution in [0.15, 0.2) is 18.2 Å². The van der Waals surface area contributed by atoms with Crippen LogP contribution in [0.2, 0.25) is 0 Å². The third kappa shape index (κ3) is 2.89. The second kappa shape index (κ2) is 5.09. The molecule has 0 unspecified atom stereocenters. The molecule has 1 aromatic rings. The van der Waals surface area contributed by atoms with Crippen molar-refractivity contribution in [2.45, 2.75) is 24.9 Å². The number of nitrogens with two attached hydrogens (primary N) is 1. The van der Waals surface area contributed by atoms with Gasteiger partial charge in [-0.15, -0.1) is 12.4 Å². The van der Waals surface area contributed by atoms with Crippen LogP contribution in [0.4, 0.5) is 32.0 Å². The number of aryl methyl sites for hydroxylation is 1. The monoisotopic (exact) mass is 309 g/mol. The average molecular weight is 310 g/mol. The van der Waals surface area contributed by atoms with Gasteiger partial charge in [0.15, 0.2) is 0 Å². The first-order chi connectivity index (χ1) is 7.91. The first-order valence-electron chi connectivity index (χ1n) is 4.63. The fraction of sp³-hybridized carbons (Fsp3) is 0.400. The van der Waals surface area contributed by atoms with Gasteiger partial charge in [0, 0.05) is 11.3 Å². The number of hydrogen-bond donors (Lipinski definition) is 2. The van der Waals surface area contributed by atoms with Crippen LogP contribution < -0.4 is 5.73 Å². The van der Waals surface area contributed by atoms with Crippen molar-refractivity contribution in [3.8, 4) is 0 Å². The van der Waals surface area contributed by atoms with Gasteiger partial charge >= 0.3 is 12.4 Å². The third-order valence-corrected chi connectivity index (χ3v) is 2.42. The van der Waals surface area contributed by atoms with E-state index in [4.69, 9.17) is 10.8 Å². The quantitative estimate of drug-likeness (QED) is 0.617. The largest absolute Gasteiger partial charge is 0.430 e. The molecular formula is C10H10ClF6NO. The van der Waals surface area contributed by atoms with E-state index >= 15 is 0 Å². The molecule has 0 saturated heterocycles. The molecule has 0 aromatic heterocycles. The molecule has 9 heteroatoms. The first kappa shape index (κ1) is 17.8. The summed E-state index contributed by atoms with van der Waals surface area (Å²) in [6.07, 6.45) is -11.8. The maximum Gasteiger partial charge on any atom is 0.430 e. The maximum absolute atomic E-state index is 12.6. The molecule has 0 saturated carbocycles. The van der Waals surface area contributed by atoms with E-state index in [0.29, 0.717) is 6.07 Å². The van der Waals surface area contributed by atoms with E-state index in [1.807, 2.05) is 0 Å². The highest BCUT2D eigenvalue weighted by molar-refractivity contribution is 5.85. The summed E-state index contributed by atoms with van der Waals surface area (Å²) in [6, 6.07) is 2.69. The van der Waals surface area contributed by atoms with E-state index in [1.165, 1.54) is 13.0 Å². The maximum atomic E-state index is 12.6. The molecule has 0 atom stereocenters. The van der Waals surface area contributed by atoms with E-state index < -0.39 is 29.2 Å². The van der Waals surface area contributed by atoms with Gasteiger partial charge in [-0.05, 0) is 13.0 Å². The molecular weight excluding hydrogens is 300 g/mol. The standard InChI is InChI=1S/C10H9F6NO.ClH/c1-5-2-3-7(17)6(4-5)8(18,9(11,12)13)10(14,15)16;/h2-4,18H,17H2,1H3;1H. The Kier molecular flexibility index (Phi) is 4.78. The lowest BCUT2D eigenvalue weighted by atomic mass is 9.89. The lowest BCUT2D eigenvalue weighted by Gasteiger charge is -2.33. The van der Waals surface area contributed by atoms with Gasteiger partial charge in [-0.25, -0.2) is 0 Å². The van der Waals surface area contributed by atoms with Gasteiger partial charge in [-0.1, -0.05) is 17.7 Å². The molecule has 2 nitrogen and oxygen atoms in total. The number of rotatable bonds is 1. The van der Waals surface area contributed by atoms with Gasteiger partial charge in [0.05, 0.1) is 0 Å². The molecule has 0 fully saturated rings. The average Bonchev–Trinajstić information content (AvgIpc) is 2.17. The minimum absolute atomic E-state index is 0. The molecule has 110 valence electrons. The predicted molar refractivity (Wildman–Crippen MR) is 58.8 cm³/mol. The second-order valence-electron chi connectivity index (χ2n) is 3.80. The van der Waals surface area contributed by atoms with Crippen LogP contribution in [0.5, 0.6) is 0 Å². The fourth-order valence-corrected chi connectivity index (χ4v) is 1.45. The van der Waals surface area contributed by atoms with E-state index in [-0.39, 0.29) is 18.0 Å². The van der Waals surface area contributed by atoms with E-state index in [2.05, 4.69) is 0 Å². The van der Waals surface area contributed by atoms with Crippen molar-refractivity contribution in [3.05, 3.63) is 29.3 Å². The van der Waals surface area contributed by atoms with Crippen LogP contribution in [0, 0.1) is 6.92 Å². The number of hydrogen-bond acceptors (Lipinski definition) is 2. The molecule has 0 bridgehead atoms. The molecule has 0 radical (unpaired) electrons. The van der Waals surface area contributed by atoms with Gasteiger partial charge < -0.3 is 10.8 Å². The molecule has 1 aromatic carbocycles. The number of benzene rings is 1. The number of anilines is 1. The normalized spacial score (nSPS) is 13.1. The first-order valence-corrected chi connectivity index (χ1v) is 4.63. The lowest BCUT2D eigenvalue weighted by Crippen LogP contribution is -2.54. The number of alkyl halides is 6. The van der Waals surface area contributed by atoms with Gasteiger partial charge in [0.2, 0.25) is 0 Å². The van der Waals surface area contributed by atoms with Crippen molar-refractivity contribution in [2.75, 3.05) is 5.73 Å². The number of nitrogen functional groups attached to an aromatic ring is 1. The molecule has 0 spiro atoms. The number of aliphatic hydroxyl groups is 1. The summed E-state index contributed by atoms with van der Waals surface area (Å²) in [5.41, 5.74) is -1.94. The summed E-state index contributed by atoms with van der Waals surface area (Å²) in [5.74, 6) is 0. The highest BCUT2D eigenvalue weighted by Crippen LogP contribution is 2.51. The van der Waals surface area contributed by atoms with Crippen molar-refractivity contribution in [2.24, 2.45) is 0 Å². The van der Waals surface area contributed by atoms with Crippen molar-refractivity contribution in [1.82, 2.24) is 0 Å². The Bertz CT molecular complexity index is 442. The summed E-state index contributed by atoms with van der Waals surface area (Å²) in [5, 5.41) is 9.13. The van der Waals surface area contributed by atoms with Crippen LogP contribution in [-0.2, 0) is 5.60 Å². The van der Waals surface area contributed by atoms with Crippen molar-refractivity contribution in [1.29, 1.82) is 0 Å². The third-order valence-electron chi connectivity index (χ3n) is 2.42. The summed E-state index contributed by atoms with van der Waals surface area (Å²) in [6.45, 7) is 1.29. The van der Waals surface area contributed by atoms with E-state index in [9.17, 15) is 26.3 Å². The molecule has 19 heavy (non-hydrogen) atoms. The van der Waals surface area contributed by atoms with Crippen molar-refractivity contribution >= 4 is 18.1 Å². The summed E-state index contributed by atoms with van der Waals surface area (Å²) >= 11 is 0. The molecule has 0 heterocycles. The van der Waals surface area contributed by atoms with Crippen LogP contribution in [0.25, 0.3) is 0 Å². The van der Waals surface area contributed by atoms with E-state index in [1.54, 1.807) is 0 Å². The Morgan fingerprint density at radius 2 is 1.42 bits per heavy atom. The Hall–Kier alpha value is -1.15. The van der Waals surface area contributed by atoms with Crippen LogP contribution in [0.1, 0.15) is 11.1 Å².